The second-order valence-electron chi connectivity index (χ2n) is 8.10. The van der Waals surface area contributed by atoms with Gasteiger partial charge in [-0.15, -0.1) is 0 Å². The molecule has 0 saturated carbocycles. The van der Waals surface area contributed by atoms with Crippen LogP contribution in [0.4, 0.5) is 0 Å². The number of piperidine rings is 1. The molecule has 30 heavy (non-hydrogen) atoms. The maximum Gasteiger partial charge on any atom is 0.276 e. The van der Waals surface area contributed by atoms with Crippen LogP contribution in [0.25, 0.3) is 0 Å². The van der Waals surface area contributed by atoms with Gasteiger partial charge < -0.3 is 14.2 Å². The number of aromatic nitrogens is 1. The van der Waals surface area contributed by atoms with Gasteiger partial charge in [0.1, 0.15) is 18.1 Å². The maximum atomic E-state index is 13.5. The van der Waals surface area contributed by atoms with Crippen molar-refractivity contribution in [3.63, 3.8) is 0 Å². The molecule has 0 aliphatic carbocycles. The van der Waals surface area contributed by atoms with Crippen LogP contribution in [0.2, 0.25) is 0 Å². The van der Waals surface area contributed by atoms with Gasteiger partial charge in [-0.25, -0.2) is 0 Å². The number of amides is 1. The maximum absolute atomic E-state index is 13.5. The Hall–Kier alpha value is -3.08. The number of hydrogen-bond donors (Lipinski definition) is 0. The fourth-order valence-corrected chi connectivity index (χ4v) is 4.23. The van der Waals surface area contributed by atoms with Crippen LogP contribution in [0, 0.1) is 20.8 Å². The van der Waals surface area contributed by atoms with E-state index in [1.54, 1.807) is 0 Å². The molecule has 4 rings (SSSR count). The number of nitrogens with zero attached hydrogens (tertiary/aromatic N) is 2. The van der Waals surface area contributed by atoms with E-state index in [0.717, 1.165) is 48.2 Å². The Bertz CT molecular complexity index is 1010. The molecule has 1 aliphatic heterocycles. The van der Waals surface area contributed by atoms with Crippen LogP contribution in [0.3, 0.4) is 0 Å². The SMILES string of the molecule is Cc1cc(C)cc(OCc2c(C(=O)N3CCCCC3c3ccccc3)noc2C)c1. The summed E-state index contributed by atoms with van der Waals surface area (Å²) in [6.07, 6.45) is 3.07. The smallest absolute Gasteiger partial charge is 0.276 e. The normalized spacial score (nSPS) is 16.5. The minimum absolute atomic E-state index is 0.0673. The van der Waals surface area contributed by atoms with Crippen molar-refractivity contribution in [3.8, 4) is 5.75 Å². The number of aryl methyl sites for hydroxylation is 3. The zero-order valence-corrected chi connectivity index (χ0v) is 17.9. The van der Waals surface area contributed by atoms with E-state index in [1.807, 2.05) is 56.0 Å². The Balaban J connectivity index is 1.57. The van der Waals surface area contributed by atoms with Crippen LogP contribution in [0.5, 0.6) is 5.75 Å². The highest BCUT2D eigenvalue weighted by Gasteiger charge is 2.32. The second-order valence-corrected chi connectivity index (χ2v) is 8.10. The predicted octanol–water partition coefficient (Wildman–Crippen LogP) is 5.55. The van der Waals surface area contributed by atoms with Crippen molar-refractivity contribution in [2.75, 3.05) is 6.54 Å². The number of carbonyl (C=O) groups is 1. The molecule has 1 amide bonds. The molecule has 0 spiro atoms. The van der Waals surface area contributed by atoms with Crippen LogP contribution >= 0.6 is 0 Å². The molecule has 156 valence electrons. The summed E-state index contributed by atoms with van der Waals surface area (Å²) in [5, 5.41) is 4.12. The summed E-state index contributed by atoms with van der Waals surface area (Å²) in [6.45, 7) is 6.89. The Labute approximate surface area is 177 Å². The van der Waals surface area contributed by atoms with Gasteiger partial charge in [0.05, 0.1) is 11.6 Å². The fourth-order valence-electron chi connectivity index (χ4n) is 4.23. The summed E-state index contributed by atoms with van der Waals surface area (Å²) >= 11 is 0. The molecule has 1 saturated heterocycles. The van der Waals surface area contributed by atoms with Gasteiger partial charge in [0.2, 0.25) is 0 Å². The molecule has 1 unspecified atom stereocenters. The summed E-state index contributed by atoms with van der Waals surface area (Å²) in [7, 11) is 0. The lowest BCUT2D eigenvalue weighted by Crippen LogP contribution is -2.39. The topological polar surface area (TPSA) is 55.6 Å². The van der Waals surface area contributed by atoms with Gasteiger partial charge in [0.15, 0.2) is 5.69 Å². The first-order chi connectivity index (χ1) is 14.5. The first-order valence-electron chi connectivity index (χ1n) is 10.5. The van der Waals surface area contributed by atoms with Crippen LogP contribution in [0.15, 0.2) is 53.1 Å². The number of carbonyl (C=O) groups excluding carboxylic acids is 1. The predicted molar refractivity (Wildman–Crippen MR) is 116 cm³/mol. The van der Waals surface area contributed by atoms with Crippen LogP contribution in [-0.2, 0) is 6.61 Å². The Morgan fingerprint density at radius 1 is 1.10 bits per heavy atom. The molecule has 3 aromatic rings. The molecule has 1 aliphatic rings. The molecule has 0 N–H and O–H groups in total. The summed E-state index contributed by atoms with van der Waals surface area (Å²) in [6, 6.07) is 16.4. The molecule has 1 fully saturated rings. The summed E-state index contributed by atoms with van der Waals surface area (Å²) in [4.78, 5) is 15.4. The van der Waals surface area contributed by atoms with Gasteiger partial charge in [-0.2, -0.15) is 0 Å². The molecular formula is C25H28N2O3. The molecule has 1 aromatic heterocycles. The quantitative estimate of drug-likeness (QED) is 0.560. The molecule has 0 radical (unpaired) electrons. The van der Waals surface area contributed by atoms with Gasteiger partial charge in [0.25, 0.3) is 5.91 Å². The third kappa shape index (κ3) is 4.25. The van der Waals surface area contributed by atoms with Gasteiger partial charge >= 0.3 is 0 Å². The lowest BCUT2D eigenvalue weighted by Gasteiger charge is -2.35. The molecule has 1 atom stereocenters. The van der Waals surface area contributed by atoms with Crippen molar-refractivity contribution < 1.29 is 14.1 Å². The zero-order valence-electron chi connectivity index (χ0n) is 17.9. The lowest BCUT2D eigenvalue weighted by molar-refractivity contribution is 0.0598. The Kier molecular flexibility index (Phi) is 5.88. The summed E-state index contributed by atoms with van der Waals surface area (Å²) in [5.74, 6) is 1.32. The third-order valence-corrected chi connectivity index (χ3v) is 5.71. The van der Waals surface area contributed by atoms with E-state index in [2.05, 4.69) is 23.4 Å². The van der Waals surface area contributed by atoms with E-state index >= 15 is 0 Å². The minimum atomic E-state index is -0.0839. The fraction of sp³-hybridized carbons (Fsp3) is 0.360. The van der Waals surface area contributed by atoms with Crippen molar-refractivity contribution in [1.29, 1.82) is 0 Å². The Morgan fingerprint density at radius 3 is 2.57 bits per heavy atom. The Morgan fingerprint density at radius 2 is 1.83 bits per heavy atom. The van der Waals surface area contributed by atoms with E-state index in [9.17, 15) is 4.79 Å². The van der Waals surface area contributed by atoms with Crippen molar-refractivity contribution in [2.24, 2.45) is 0 Å². The molecular weight excluding hydrogens is 376 g/mol. The van der Waals surface area contributed by atoms with Crippen molar-refractivity contribution >= 4 is 5.91 Å². The van der Waals surface area contributed by atoms with E-state index in [0.29, 0.717) is 11.5 Å². The van der Waals surface area contributed by atoms with E-state index in [-0.39, 0.29) is 18.6 Å². The molecule has 5 nitrogen and oxygen atoms in total. The molecule has 0 bridgehead atoms. The molecule has 5 heteroatoms. The number of likely N-dealkylation sites (tertiary alicyclic amines) is 1. The largest absolute Gasteiger partial charge is 0.489 e. The first kappa shape index (κ1) is 20.2. The van der Waals surface area contributed by atoms with E-state index in [4.69, 9.17) is 9.26 Å². The number of ether oxygens (including phenoxy) is 1. The average molecular weight is 405 g/mol. The van der Waals surface area contributed by atoms with Crippen molar-refractivity contribution in [3.05, 3.63) is 82.2 Å². The van der Waals surface area contributed by atoms with Crippen LogP contribution in [-0.4, -0.2) is 22.5 Å². The van der Waals surface area contributed by atoms with Gasteiger partial charge in [-0.3, -0.25) is 4.79 Å². The third-order valence-electron chi connectivity index (χ3n) is 5.71. The van der Waals surface area contributed by atoms with E-state index < -0.39 is 0 Å². The van der Waals surface area contributed by atoms with Crippen LogP contribution < -0.4 is 4.74 Å². The highest BCUT2D eigenvalue weighted by Crippen LogP contribution is 2.33. The highest BCUT2D eigenvalue weighted by molar-refractivity contribution is 5.94. The minimum Gasteiger partial charge on any atom is -0.489 e. The summed E-state index contributed by atoms with van der Waals surface area (Å²) < 4.78 is 11.4. The standard InChI is InChI=1S/C25H28N2O3/c1-17-13-18(2)15-21(14-17)29-16-22-19(3)30-26-24(22)25(28)27-12-8-7-11-23(27)20-9-5-4-6-10-20/h4-6,9-10,13-15,23H,7-8,11-12,16H2,1-3H3. The van der Waals surface area contributed by atoms with Gasteiger partial charge in [-0.05, 0) is 68.9 Å². The lowest BCUT2D eigenvalue weighted by atomic mass is 9.94. The highest BCUT2D eigenvalue weighted by atomic mass is 16.5. The first-order valence-corrected chi connectivity index (χ1v) is 10.5. The second kappa shape index (κ2) is 8.74. The number of hydrogen-bond acceptors (Lipinski definition) is 4. The van der Waals surface area contributed by atoms with Crippen LogP contribution in [0.1, 0.15) is 63.8 Å². The average Bonchev–Trinajstić information content (AvgIpc) is 3.12. The van der Waals surface area contributed by atoms with E-state index in [1.165, 1.54) is 5.56 Å². The molecule has 2 heterocycles. The summed E-state index contributed by atoms with van der Waals surface area (Å²) in [5.41, 5.74) is 4.53. The zero-order chi connectivity index (χ0) is 21.1. The van der Waals surface area contributed by atoms with Gasteiger partial charge in [0, 0.05) is 6.54 Å². The van der Waals surface area contributed by atoms with Crippen molar-refractivity contribution in [1.82, 2.24) is 10.1 Å². The molecule has 2 aromatic carbocycles. The van der Waals surface area contributed by atoms with Crippen molar-refractivity contribution in [2.45, 2.75) is 52.7 Å². The monoisotopic (exact) mass is 404 g/mol. The van der Waals surface area contributed by atoms with Gasteiger partial charge in [-0.1, -0.05) is 41.6 Å². The number of rotatable bonds is 5. The number of benzene rings is 2.